The standard InChI is InChI=1S/C18H11N3O5/c22-16(15-7-10-3-1-2-4-12(10)25-15)19-18-21-20-17(26-18)11-5-6-13-14(8-11)24-9-23-13/h1-8H,9H2,(H,19,21,22). The first kappa shape index (κ1) is 14.5. The SMILES string of the molecule is O=C(Nc1nnc(-c2ccc3c(c2)OCO3)o1)c1cc2ccccc2o1. The molecule has 2 aromatic carbocycles. The van der Waals surface area contributed by atoms with Gasteiger partial charge in [0.1, 0.15) is 5.58 Å². The predicted molar refractivity (Wildman–Crippen MR) is 90.0 cm³/mol. The number of nitrogens with zero attached hydrogens (tertiary/aromatic N) is 2. The van der Waals surface area contributed by atoms with E-state index in [4.69, 9.17) is 18.3 Å². The molecule has 128 valence electrons. The number of nitrogens with one attached hydrogen (secondary N) is 1. The van der Waals surface area contributed by atoms with E-state index in [9.17, 15) is 4.79 Å². The van der Waals surface area contributed by atoms with Crippen molar-refractivity contribution in [3.8, 4) is 23.0 Å². The van der Waals surface area contributed by atoms with Crippen LogP contribution >= 0.6 is 0 Å². The largest absolute Gasteiger partial charge is 0.454 e. The van der Waals surface area contributed by atoms with E-state index < -0.39 is 5.91 Å². The van der Waals surface area contributed by atoms with Gasteiger partial charge in [-0.15, -0.1) is 5.10 Å². The Hall–Kier alpha value is -3.81. The Bertz CT molecular complexity index is 1100. The number of carbonyl (C=O) groups is 1. The summed E-state index contributed by atoms with van der Waals surface area (Å²) in [6, 6.07) is 14.2. The normalized spacial score (nSPS) is 12.5. The molecule has 0 atom stereocenters. The van der Waals surface area contributed by atoms with E-state index in [1.54, 1.807) is 30.3 Å². The zero-order valence-electron chi connectivity index (χ0n) is 13.3. The molecule has 8 nitrogen and oxygen atoms in total. The van der Waals surface area contributed by atoms with Crippen molar-refractivity contribution in [3.63, 3.8) is 0 Å². The number of anilines is 1. The van der Waals surface area contributed by atoms with Gasteiger partial charge in [-0.05, 0) is 30.3 Å². The van der Waals surface area contributed by atoms with E-state index >= 15 is 0 Å². The van der Waals surface area contributed by atoms with Gasteiger partial charge >= 0.3 is 6.01 Å². The number of rotatable bonds is 3. The summed E-state index contributed by atoms with van der Waals surface area (Å²) in [6.45, 7) is 0.182. The van der Waals surface area contributed by atoms with Gasteiger partial charge in [-0.1, -0.05) is 23.3 Å². The Morgan fingerprint density at radius 1 is 0.962 bits per heavy atom. The molecule has 0 aliphatic carbocycles. The summed E-state index contributed by atoms with van der Waals surface area (Å²) in [4.78, 5) is 12.3. The fourth-order valence-electron chi connectivity index (χ4n) is 2.67. The zero-order valence-corrected chi connectivity index (χ0v) is 13.3. The van der Waals surface area contributed by atoms with Gasteiger partial charge in [0.25, 0.3) is 5.91 Å². The van der Waals surface area contributed by atoms with Crippen LogP contribution in [0.25, 0.3) is 22.4 Å². The molecule has 1 N–H and O–H groups in total. The number of para-hydroxylation sites is 1. The van der Waals surface area contributed by atoms with E-state index in [0.717, 1.165) is 5.39 Å². The first-order valence-corrected chi connectivity index (χ1v) is 7.80. The third-order valence-electron chi connectivity index (χ3n) is 3.91. The Morgan fingerprint density at radius 3 is 2.77 bits per heavy atom. The minimum Gasteiger partial charge on any atom is -0.454 e. The van der Waals surface area contributed by atoms with Gasteiger partial charge in [-0.2, -0.15) is 0 Å². The molecule has 5 rings (SSSR count). The summed E-state index contributed by atoms with van der Waals surface area (Å²) in [5.74, 6) is 1.21. The molecule has 3 heterocycles. The molecule has 4 aromatic rings. The van der Waals surface area contributed by atoms with Crippen LogP contribution in [-0.4, -0.2) is 22.9 Å². The summed E-state index contributed by atoms with van der Waals surface area (Å²) < 4.78 is 21.6. The van der Waals surface area contributed by atoms with Crippen LogP contribution in [0.3, 0.4) is 0 Å². The number of hydrogen-bond donors (Lipinski definition) is 1. The third kappa shape index (κ3) is 2.44. The molecule has 1 aliphatic heterocycles. The molecule has 2 aromatic heterocycles. The van der Waals surface area contributed by atoms with Crippen LogP contribution in [0.15, 0.2) is 57.4 Å². The minimum atomic E-state index is -0.470. The second-order valence-electron chi connectivity index (χ2n) is 5.58. The molecule has 0 radical (unpaired) electrons. The Balaban J connectivity index is 1.37. The second-order valence-corrected chi connectivity index (χ2v) is 5.58. The molecule has 0 spiro atoms. The van der Waals surface area contributed by atoms with Crippen LogP contribution in [0.5, 0.6) is 11.5 Å². The van der Waals surface area contributed by atoms with Gasteiger partial charge < -0.3 is 18.3 Å². The number of furan rings is 1. The van der Waals surface area contributed by atoms with Crippen molar-refractivity contribution in [3.05, 3.63) is 54.3 Å². The smallest absolute Gasteiger partial charge is 0.322 e. The maximum atomic E-state index is 12.3. The number of aromatic nitrogens is 2. The highest BCUT2D eigenvalue weighted by molar-refractivity contribution is 6.03. The maximum Gasteiger partial charge on any atom is 0.322 e. The van der Waals surface area contributed by atoms with E-state index in [0.29, 0.717) is 22.6 Å². The fourth-order valence-corrected chi connectivity index (χ4v) is 2.67. The van der Waals surface area contributed by atoms with Crippen molar-refractivity contribution in [1.82, 2.24) is 10.2 Å². The summed E-state index contributed by atoms with van der Waals surface area (Å²) in [5.41, 5.74) is 1.29. The number of carbonyl (C=O) groups excluding carboxylic acids is 1. The number of fused-ring (bicyclic) bond motifs is 2. The van der Waals surface area contributed by atoms with Crippen molar-refractivity contribution < 1.29 is 23.1 Å². The van der Waals surface area contributed by atoms with E-state index in [2.05, 4.69) is 15.5 Å². The summed E-state index contributed by atoms with van der Waals surface area (Å²) in [6.07, 6.45) is 0. The molecule has 8 heteroatoms. The highest BCUT2D eigenvalue weighted by Gasteiger charge is 2.19. The highest BCUT2D eigenvalue weighted by atomic mass is 16.7. The maximum absolute atomic E-state index is 12.3. The lowest BCUT2D eigenvalue weighted by Gasteiger charge is -1.98. The third-order valence-corrected chi connectivity index (χ3v) is 3.91. The van der Waals surface area contributed by atoms with E-state index in [1.165, 1.54) is 0 Å². The van der Waals surface area contributed by atoms with Crippen LogP contribution < -0.4 is 14.8 Å². The van der Waals surface area contributed by atoms with Crippen LogP contribution in [0, 0.1) is 0 Å². The number of benzene rings is 2. The quantitative estimate of drug-likeness (QED) is 0.604. The topological polar surface area (TPSA) is 99.6 Å². The summed E-state index contributed by atoms with van der Waals surface area (Å²) >= 11 is 0. The molecule has 1 amide bonds. The summed E-state index contributed by atoms with van der Waals surface area (Å²) in [7, 11) is 0. The average Bonchev–Trinajstić information content (AvgIpc) is 3.39. The first-order valence-electron chi connectivity index (χ1n) is 7.80. The Morgan fingerprint density at radius 2 is 1.85 bits per heavy atom. The first-order chi connectivity index (χ1) is 12.8. The van der Waals surface area contributed by atoms with Gasteiger partial charge in [-0.25, -0.2) is 0 Å². The van der Waals surface area contributed by atoms with Crippen molar-refractivity contribution in [1.29, 1.82) is 0 Å². The van der Waals surface area contributed by atoms with Crippen LogP contribution in [-0.2, 0) is 0 Å². The molecule has 0 unspecified atom stereocenters. The molecular weight excluding hydrogens is 338 g/mol. The van der Waals surface area contributed by atoms with Gasteiger partial charge in [0.15, 0.2) is 17.3 Å². The summed E-state index contributed by atoms with van der Waals surface area (Å²) in [5, 5.41) is 11.2. The predicted octanol–water partition coefficient (Wildman–Crippen LogP) is 3.46. The van der Waals surface area contributed by atoms with E-state index in [-0.39, 0.29) is 24.5 Å². The van der Waals surface area contributed by atoms with Gasteiger partial charge in [0.05, 0.1) is 0 Å². The van der Waals surface area contributed by atoms with Gasteiger partial charge in [0, 0.05) is 10.9 Å². The molecule has 0 saturated heterocycles. The molecular formula is C18H11N3O5. The zero-order chi connectivity index (χ0) is 17.5. The van der Waals surface area contributed by atoms with Crippen molar-refractivity contribution in [2.45, 2.75) is 0 Å². The van der Waals surface area contributed by atoms with Crippen LogP contribution in [0.4, 0.5) is 6.01 Å². The van der Waals surface area contributed by atoms with Crippen molar-refractivity contribution in [2.75, 3.05) is 12.1 Å². The highest BCUT2D eigenvalue weighted by Crippen LogP contribution is 2.35. The number of amides is 1. The Kier molecular flexibility index (Phi) is 3.14. The molecule has 0 fully saturated rings. The van der Waals surface area contributed by atoms with Crippen molar-refractivity contribution >= 4 is 22.9 Å². The minimum absolute atomic E-state index is 0.0249. The van der Waals surface area contributed by atoms with Gasteiger partial charge in [0.2, 0.25) is 12.7 Å². The van der Waals surface area contributed by atoms with E-state index in [1.807, 2.05) is 18.2 Å². The number of hydrogen-bond acceptors (Lipinski definition) is 7. The lowest BCUT2D eigenvalue weighted by molar-refractivity contribution is 0.0996. The van der Waals surface area contributed by atoms with Crippen LogP contribution in [0.2, 0.25) is 0 Å². The lowest BCUT2D eigenvalue weighted by atomic mass is 10.2. The molecule has 0 bridgehead atoms. The Labute approximate surface area is 146 Å². The molecule has 26 heavy (non-hydrogen) atoms. The average molecular weight is 349 g/mol. The molecule has 1 aliphatic rings. The molecule has 0 saturated carbocycles. The lowest BCUT2D eigenvalue weighted by Crippen LogP contribution is -2.10. The number of ether oxygens (including phenoxy) is 2. The second kappa shape index (κ2) is 5.62. The fraction of sp³-hybridized carbons (Fsp3) is 0.0556. The van der Waals surface area contributed by atoms with Crippen molar-refractivity contribution in [2.24, 2.45) is 0 Å². The van der Waals surface area contributed by atoms with Crippen LogP contribution in [0.1, 0.15) is 10.6 Å². The monoisotopic (exact) mass is 349 g/mol. The van der Waals surface area contributed by atoms with Gasteiger partial charge in [-0.3, -0.25) is 10.1 Å².